The van der Waals surface area contributed by atoms with Crippen LogP contribution in [-0.2, 0) is 9.84 Å². The third-order valence-corrected chi connectivity index (χ3v) is 10.7. The van der Waals surface area contributed by atoms with Gasteiger partial charge in [0, 0.05) is 24.1 Å². The Morgan fingerprint density at radius 3 is 2.55 bits per heavy atom. The van der Waals surface area contributed by atoms with Gasteiger partial charge < -0.3 is 15.0 Å². The molecule has 0 amide bonds. The first kappa shape index (κ1) is 24.4. The lowest BCUT2D eigenvalue weighted by Crippen LogP contribution is -2.36. The summed E-state index contributed by atoms with van der Waals surface area (Å²) in [5.41, 5.74) is 2.00. The fourth-order valence-electron chi connectivity index (χ4n) is 4.59. The largest absolute Gasteiger partial charge is 0.493 e. The molecule has 0 radical (unpaired) electrons. The van der Waals surface area contributed by atoms with Gasteiger partial charge in [-0.05, 0) is 75.4 Å². The van der Waals surface area contributed by atoms with E-state index in [1.54, 1.807) is 12.1 Å². The van der Waals surface area contributed by atoms with E-state index >= 15 is 0 Å². The molecular weight excluding hydrogens is 452 g/mol. The van der Waals surface area contributed by atoms with Crippen LogP contribution in [0.25, 0.3) is 0 Å². The number of thioether (sulfide) groups is 1. The second-order valence-electron chi connectivity index (χ2n) is 9.57. The zero-order valence-electron chi connectivity index (χ0n) is 19.9. The minimum Gasteiger partial charge on any atom is -0.493 e. The molecule has 1 atom stereocenters. The number of aryl methyl sites for hydroxylation is 1. The molecule has 0 spiro atoms. The number of benzene rings is 2. The molecule has 5 nitrogen and oxygen atoms in total. The number of ether oxygens (including phenoxy) is 1. The molecule has 2 aromatic carbocycles. The average molecular weight is 489 g/mol. The van der Waals surface area contributed by atoms with Crippen LogP contribution >= 0.6 is 11.8 Å². The number of fused-ring (bicyclic) bond motifs is 1. The molecule has 0 saturated carbocycles. The molecule has 2 aromatic rings. The summed E-state index contributed by atoms with van der Waals surface area (Å²) in [5, 5.41) is 3.31. The molecule has 7 heteroatoms. The second-order valence-corrected chi connectivity index (χ2v) is 13.2. The zero-order chi connectivity index (χ0) is 23.4. The number of hydrogen-bond acceptors (Lipinski definition) is 6. The molecule has 0 aromatic heterocycles. The molecule has 1 saturated heterocycles. The summed E-state index contributed by atoms with van der Waals surface area (Å²) in [6.45, 7) is 11.2. The van der Waals surface area contributed by atoms with E-state index in [2.05, 4.69) is 24.1 Å². The highest BCUT2D eigenvalue weighted by Crippen LogP contribution is 2.40. The maximum absolute atomic E-state index is 13.0. The van der Waals surface area contributed by atoms with Crippen LogP contribution in [0.5, 0.6) is 5.75 Å². The highest BCUT2D eigenvalue weighted by atomic mass is 32.3. The number of rotatable bonds is 8. The Morgan fingerprint density at radius 2 is 1.85 bits per heavy atom. The van der Waals surface area contributed by atoms with E-state index in [0.29, 0.717) is 18.0 Å². The minimum atomic E-state index is -3.40. The molecule has 33 heavy (non-hydrogen) atoms. The molecule has 0 aliphatic carbocycles. The van der Waals surface area contributed by atoms with Crippen LogP contribution in [0.2, 0.25) is 0 Å². The first-order valence-corrected chi connectivity index (χ1v) is 14.5. The topological polar surface area (TPSA) is 58.6 Å². The molecule has 2 aliphatic rings. The van der Waals surface area contributed by atoms with Crippen molar-refractivity contribution in [1.82, 2.24) is 4.90 Å². The SMILES string of the molecule is Cc1ccc(S(=O)(=O)C2CNc3cc(OCCCN4CCC(C(C)C)CC4)ccc3S2)cc1. The Morgan fingerprint density at radius 1 is 1.12 bits per heavy atom. The van der Waals surface area contributed by atoms with Crippen molar-refractivity contribution >= 4 is 27.3 Å². The van der Waals surface area contributed by atoms with Gasteiger partial charge in [-0.3, -0.25) is 0 Å². The van der Waals surface area contributed by atoms with Crippen molar-refractivity contribution in [2.24, 2.45) is 11.8 Å². The van der Waals surface area contributed by atoms with E-state index in [1.807, 2.05) is 37.3 Å². The quantitative estimate of drug-likeness (QED) is 0.499. The van der Waals surface area contributed by atoms with Gasteiger partial charge in [0.2, 0.25) is 0 Å². The van der Waals surface area contributed by atoms with E-state index < -0.39 is 14.4 Å². The lowest BCUT2D eigenvalue weighted by atomic mass is 9.87. The van der Waals surface area contributed by atoms with Crippen molar-refractivity contribution in [2.75, 3.05) is 38.1 Å². The van der Waals surface area contributed by atoms with Gasteiger partial charge in [0.1, 0.15) is 10.3 Å². The standard InChI is InChI=1S/C26H36N2O3S2/c1-19(2)21-11-14-28(15-12-21)13-4-16-31-22-7-10-25-24(17-22)27-18-26(32-25)33(29,30)23-8-5-20(3)6-9-23/h5-10,17,19,21,26-27H,4,11-16,18H2,1-3H3. The third kappa shape index (κ3) is 6.06. The van der Waals surface area contributed by atoms with Crippen molar-refractivity contribution < 1.29 is 13.2 Å². The van der Waals surface area contributed by atoms with E-state index in [1.165, 1.54) is 37.7 Å². The number of hydrogen-bond donors (Lipinski definition) is 1. The smallest absolute Gasteiger partial charge is 0.192 e. The van der Waals surface area contributed by atoms with Gasteiger partial charge in [-0.1, -0.05) is 31.5 Å². The number of anilines is 1. The van der Waals surface area contributed by atoms with Gasteiger partial charge in [-0.15, -0.1) is 11.8 Å². The van der Waals surface area contributed by atoms with Crippen molar-refractivity contribution in [2.45, 2.75) is 54.4 Å². The normalized spacial score (nSPS) is 19.8. The summed E-state index contributed by atoms with van der Waals surface area (Å²) in [4.78, 5) is 3.88. The highest BCUT2D eigenvalue weighted by Gasteiger charge is 2.32. The van der Waals surface area contributed by atoms with Crippen LogP contribution in [0.15, 0.2) is 52.3 Å². The Labute approximate surface area is 203 Å². The summed E-state index contributed by atoms with van der Waals surface area (Å²) >= 11 is 1.41. The van der Waals surface area contributed by atoms with Gasteiger partial charge >= 0.3 is 0 Å². The monoisotopic (exact) mass is 488 g/mol. The van der Waals surface area contributed by atoms with E-state index in [9.17, 15) is 8.42 Å². The predicted molar refractivity (Wildman–Crippen MR) is 137 cm³/mol. The Kier molecular flexibility index (Phi) is 7.92. The fraction of sp³-hybridized carbons (Fsp3) is 0.538. The Balaban J connectivity index is 1.26. The number of nitrogens with zero attached hydrogens (tertiary/aromatic N) is 1. The van der Waals surface area contributed by atoms with Gasteiger partial charge in [0.15, 0.2) is 9.84 Å². The van der Waals surface area contributed by atoms with E-state index in [4.69, 9.17) is 4.74 Å². The lowest BCUT2D eigenvalue weighted by molar-refractivity contribution is 0.149. The summed E-state index contributed by atoms with van der Waals surface area (Å²) in [7, 11) is -3.40. The highest BCUT2D eigenvalue weighted by molar-refractivity contribution is 8.13. The Hall–Kier alpha value is -1.70. The maximum Gasteiger partial charge on any atom is 0.192 e. The van der Waals surface area contributed by atoms with Gasteiger partial charge in [-0.2, -0.15) is 0 Å². The first-order valence-electron chi connectivity index (χ1n) is 12.0. The van der Waals surface area contributed by atoms with Crippen LogP contribution in [-0.4, -0.2) is 50.7 Å². The van der Waals surface area contributed by atoms with Gasteiger partial charge in [-0.25, -0.2) is 8.42 Å². The number of sulfone groups is 1. The van der Waals surface area contributed by atoms with Crippen LogP contribution in [0.4, 0.5) is 5.69 Å². The summed E-state index contributed by atoms with van der Waals surface area (Å²) in [5.74, 6) is 2.51. The average Bonchev–Trinajstić information content (AvgIpc) is 2.82. The predicted octanol–water partition coefficient (Wildman–Crippen LogP) is 5.45. The van der Waals surface area contributed by atoms with Crippen molar-refractivity contribution in [3.8, 4) is 5.75 Å². The molecular formula is C26H36N2O3S2. The Bertz CT molecular complexity index is 1030. The molecule has 180 valence electrons. The van der Waals surface area contributed by atoms with Crippen molar-refractivity contribution in [3.05, 3.63) is 48.0 Å². The van der Waals surface area contributed by atoms with E-state index in [0.717, 1.165) is 46.7 Å². The zero-order valence-corrected chi connectivity index (χ0v) is 21.6. The van der Waals surface area contributed by atoms with Crippen LogP contribution in [0, 0.1) is 18.8 Å². The molecule has 1 unspecified atom stereocenters. The molecule has 1 N–H and O–H groups in total. The van der Waals surface area contributed by atoms with Gasteiger partial charge in [0.25, 0.3) is 0 Å². The molecule has 1 fully saturated rings. The summed E-state index contributed by atoms with van der Waals surface area (Å²) in [6, 6.07) is 13.0. The van der Waals surface area contributed by atoms with Crippen LogP contribution in [0.3, 0.4) is 0 Å². The maximum atomic E-state index is 13.0. The summed E-state index contributed by atoms with van der Waals surface area (Å²) in [6.07, 6.45) is 3.64. The van der Waals surface area contributed by atoms with Gasteiger partial charge in [0.05, 0.1) is 17.2 Å². The number of likely N-dealkylation sites (tertiary alicyclic amines) is 1. The first-order chi connectivity index (χ1) is 15.8. The second kappa shape index (κ2) is 10.7. The third-order valence-electron chi connectivity index (χ3n) is 6.83. The molecule has 2 heterocycles. The fourth-order valence-corrected chi connectivity index (χ4v) is 7.72. The number of nitrogens with one attached hydrogen (secondary N) is 1. The van der Waals surface area contributed by atoms with Crippen molar-refractivity contribution in [1.29, 1.82) is 0 Å². The minimum absolute atomic E-state index is 0.379. The molecule has 4 rings (SSSR count). The lowest BCUT2D eigenvalue weighted by Gasteiger charge is -2.33. The van der Waals surface area contributed by atoms with E-state index in [-0.39, 0.29) is 0 Å². The molecule has 0 bridgehead atoms. The van der Waals surface area contributed by atoms with Crippen LogP contribution < -0.4 is 10.1 Å². The summed E-state index contributed by atoms with van der Waals surface area (Å²) < 4.78 is 31.5. The number of piperidine rings is 1. The van der Waals surface area contributed by atoms with Crippen molar-refractivity contribution in [3.63, 3.8) is 0 Å². The van der Waals surface area contributed by atoms with Crippen LogP contribution in [0.1, 0.15) is 38.7 Å². The molecule has 2 aliphatic heterocycles.